The summed E-state index contributed by atoms with van der Waals surface area (Å²) in [5, 5.41) is 0. The van der Waals surface area contributed by atoms with Gasteiger partial charge in [0.2, 0.25) is 0 Å². The van der Waals surface area contributed by atoms with Gasteiger partial charge < -0.3 is 4.98 Å². The maximum atomic E-state index is 11.5. The first kappa shape index (κ1) is 10.3. The molecule has 0 atom stereocenters. The Morgan fingerprint density at radius 3 is 2.88 bits per heavy atom. The molecule has 1 aromatic carbocycles. The fourth-order valence-corrected chi connectivity index (χ4v) is 1.46. The van der Waals surface area contributed by atoms with Gasteiger partial charge in [-0.3, -0.25) is 9.59 Å². The molecule has 4 nitrogen and oxygen atoms in total. The van der Waals surface area contributed by atoms with Crippen LogP contribution < -0.4 is 5.56 Å². The number of hydrogen-bond donors (Lipinski definition) is 1. The maximum Gasteiger partial charge on any atom is 0.258 e. The number of ketones is 1. The number of carbonyl (C=O) groups is 1. The van der Waals surface area contributed by atoms with Crippen LogP contribution in [0.1, 0.15) is 17.3 Å². The Kier molecular flexibility index (Phi) is 2.64. The van der Waals surface area contributed by atoms with E-state index in [1.807, 2.05) is 0 Å². The van der Waals surface area contributed by atoms with Gasteiger partial charge in [-0.25, -0.2) is 4.98 Å². The molecule has 0 unspecified atom stereocenters. The highest BCUT2D eigenvalue weighted by Crippen LogP contribution is 2.15. The molecule has 4 heteroatoms. The molecule has 80 valence electrons. The van der Waals surface area contributed by atoms with E-state index in [1.165, 1.54) is 19.4 Å². The summed E-state index contributed by atoms with van der Waals surface area (Å²) >= 11 is 0. The smallest absolute Gasteiger partial charge is 0.258 e. The Balaban J connectivity index is 2.57. The summed E-state index contributed by atoms with van der Waals surface area (Å²) in [5.74, 6) is -0.0258. The predicted octanol–water partition coefficient (Wildman–Crippen LogP) is 1.64. The normalized spacial score (nSPS) is 10.1. The zero-order chi connectivity index (χ0) is 11.5. The van der Waals surface area contributed by atoms with E-state index in [0.717, 1.165) is 0 Å². The molecule has 0 radical (unpaired) electrons. The van der Waals surface area contributed by atoms with E-state index in [1.54, 1.807) is 24.3 Å². The summed E-state index contributed by atoms with van der Waals surface area (Å²) < 4.78 is 0. The maximum absolute atomic E-state index is 11.5. The average molecular weight is 214 g/mol. The van der Waals surface area contributed by atoms with E-state index in [4.69, 9.17) is 0 Å². The van der Waals surface area contributed by atoms with Crippen LogP contribution in [0.25, 0.3) is 11.1 Å². The number of carbonyl (C=O) groups excluding carboxylic acids is 1. The molecular weight excluding hydrogens is 204 g/mol. The summed E-state index contributed by atoms with van der Waals surface area (Å²) in [5.41, 5.74) is 1.53. The van der Waals surface area contributed by atoms with Crippen molar-refractivity contribution in [3.8, 4) is 11.1 Å². The predicted molar refractivity (Wildman–Crippen MR) is 60.3 cm³/mol. The van der Waals surface area contributed by atoms with Gasteiger partial charge in [0.25, 0.3) is 5.56 Å². The molecular formula is C12H10N2O2. The lowest BCUT2D eigenvalue weighted by molar-refractivity contribution is 0.101. The first-order chi connectivity index (χ1) is 7.68. The van der Waals surface area contributed by atoms with Crippen molar-refractivity contribution in [1.82, 2.24) is 9.97 Å². The molecule has 1 heterocycles. The first-order valence-corrected chi connectivity index (χ1v) is 4.82. The zero-order valence-electron chi connectivity index (χ0n) is 8.73. The number of benzene rings is 1. The molecule has 16 heavy (non-hydrogen) atoms. The molecule has 2 aromatic rings. The third kappa shape index (κ3) is 1.91. The van der Waals surface area contributed by atoms with Crippen molar-refractivity contribution in [2.24, 2.45) is 0 Å². The van der Waals surface area contributed by atoms with Gasteiger partial charge in [-0.1, -0.05) is 18.2 Å². The van der Waals surface area contributed by atoms with Crippen molar-refractivity contribution in [2.45, 2.75) is 6.92 Å². The minimum absolute atomic E-state index is 0.0258. The molecule has 0 saturated carbocycles. The number of nitrogens with zero attached hydrogens (tertiary/aromatic N) is 1. The van der Waals surface area contributed by atoms with Gasteiger partial charge in [0.1, 0.15) is 0 Å². The molecule has 0 aliphatic heterocycles. The van der Waals surface area contributed by atoms with Crippen LogP contribution in [0, 0.1) is 0 Å². The molecule has 0 fully saturated rings. The average Bonchev–Trinajstić information content (AvgIpc) is 2.30. The van der Waals surface area contributed by atoms with Crippen LogP contribution in [0.5, 0.6) is 0 Å². The Hall–Kier alpha value is -2.23. The van der Waals surface area contributed by atoms with Gasteiger partial charge >= 0.3 is 0 Å². The summed E-state index contributed by atoms with van der Waals surface area (Å²) in [6.45, 7) is 1.49. The summed E-state index contributed by atoms with van der Waals surface area (Å²) in [6, 6.07) is 6.93. The summed E-state index contributed by atoms with van der Waals surface area (Å²) in [4.78, 5) is 29.1. The minimum Gasteiger partial charge on any atom is -0.313 e. The van der Waals surface area contributed by atoms with Gasteiger partial charge in [0, 0.05) is 11.8 Å². The SMILES string of the molecule is CC(=O)c1cccc(-c2cnc[nH]c2=O)c1. The highest BCUT2D eigenvalue weighted by molar-refractivity contribution is 5.95. The van der Waals surface area contributed by atoms with Crippen molar-refractivity contribution in [3.05, 3.63) is 52.7 Å². The second-order valence-electron chi connectivity index (χ2n) is 3.43. The Labute approximate surface area is 92.0 Å². The molecule has 1 N–H and O–H groups in total. The molecule has 2 rings (SSSR count). The van der Waals surface area contributed by atoms with E-state index in [2.05, 4.69) is 9.97 Å². The van der Waals surface area contributed by atoms with Gasteiger partial charge in [-0.05, 0) is 18.6 Å². The third-order valence-corrected chi connectivity index (χ3v) is 2.30. The van der Waals surface area contributed by atoms with Gasteiger partial charge in [0.15, 0.2) is 5.78 Å². The minimum atomic E-state index is -0.212. The lowest BCUT2D eigenvalue weighted by Crippen LogP contribution is -2.08. The molecule has 0 spiro atoms. The van der Waals surface area contributed by atoms with Crippen LogP contribution in [0.15, 0.2) is 41.6 Å². The standard InChI is InChI=1S/C12H10N2O2/c1-8(15)9-3-2-4-10(5-9)11-6-13-7-14-12(11)16/h2-7H,1H3,(H,13,14,16). The van der Waals surface area contributed by atoms with E-state index < -0.39 is 0 Å². The monoisotopic (exact) mass is 214 g/mol. The molecule has 0 aliphatic carbocycles. The van der Waals surface area contributed by atoms with Crippen LogP contribution in [-0.4, -0.2) is 15.8 Å². The molecule has 0 saturated heterocycles. The highest BCUT2D eigenvalue weighted by atomic mass is 16.1. The Morgan fingerprint density at radius 1 is 1.38 bits per heavy atom. The molecule has 1 aromatic heterocycles. The number of aromatic amines is 1. The van der Waals surface area contributed by atoms with Crippen LogP contribution in [-0.2, 0) is 0 Å². The van der Waals surface area contributed by atoms with Crippen LogP contribution in [0.3, 0.4) is 0 Å². The molecule has 0 amide bonds. The number of aromatic nitrogens is 2. The number of Topliss-reactive ketones (excluding diaryl/α,β-unsaturated/α-hetero) is 1. The second-order valence-corrected chi connectivity index (χ2v) is 3.43. The van der Waals surface area contributed by atoms with Crippen molar-refractivity contribution >= 4 is 5.78 Å². The Bertz CT molecular complexity index is 587. The van der Waals surface area contributed by atoms with E-state index >= 15 is 0 Å². The number of nitrogens with one attached hydrogen (secondary N) is 1. The summed E-state index contributed by atoms with van der Waals surface area (Å²) in [6.07, 6.45) is 2.82. The fourth-order valence-electron chi connectivity index (χ4n) is 1.46. The Morgan fingerprint density at radius 2 is 2.19 bits per heavy atom. The lowest BCUT2D eigenvalue weighted by atomic mass is 10.0. The van der Waals surface area contributed by atoms with E-state index in [-0.39, 0.29) is 11.3 Å². The van der Waals surface area contributed by atoms with E-state index in [0.29, 0.717) is 16.7 Å². The summed E-state index contributed by atoms with van der Waals surface area (Å²) in [7, 11) is 0. The topological polar surface area (TPSA) is 62.8 Å². The molecule has 0 aliphatic rings. The van der Waals surface area contributed by atoms with Crippen LogP contribution in [0.4, 0.5) is 0 Å². The zero-order valence-corrected chi connectivity index (χ0v) is 8.73. The fraction of sp³-hybridized carbons (Fsp3) is 0.0833. The third-order valence-electron chi connectivity index (χ3n) is 2.30. The van der Waals surface area contributed by atoms with Crippen LogP contribution >= 0.6 is 0 Å². The van der Waals surface area contributed by atoms with E-state index in [9.17, 15) is 9.59 Å². The molecule has 0 bridgehead atoms. The van der Waals surface area contributed by atoms with Crippen molar-refractivity contribution < 1.29 is 4.79 Å². The number of rotatable bonds is 2. The van der Waals surface area contributed by atoms with Gasteiger partial charge in [0.05, 0.1) is 11.9 Å². The van der Waals surface area contributed by atoms with Crippen molar-refractivity contribution in [2.75, 3.05) is 0 Å². The van der Waals surface area contributed by atoms with Crippen molar-refractivity contribution in [1.29, 1.82) is 0 Å². The lowest BCUT2D eigenvalue weighted by Gasteiger charge is -2.01. The van der Waals surface area contributed by atoms with Crippen LogP contribution in [0.2, 0.25) is 0 Å². The van der Waals surface area contributed by atoms with Gasteiger partial charge in [-0.2, -0.15) is 0 Å². The second kappa shape index (κ2) is 4.10. The quantitative estimate of drug-likeness (QED) is 0.773. The van der Waals surface area contributed by atoms with Gasteiger partial charge in [-0.15, -0.1) is 0 Å². The van der Waals surface area contributed by atoms with Crippen molar-refractivity contribution in [3.63, 3.8) is 0 Å². The highest BCUT2D eigenvalue weighted by Gasteiger charge is 2.05. The largest absolute Gasteiger partial charge is 0.313 e. The first-order valence-electron chi connectivity index (χ1n) is 4.82. The number of hydrogen-bond acceptors (Lipinski definition) is 3. The number of H-pyrrole nitrogens is 1.